The van der Waals surface area contributed by atoms with Gasteiger partial charge in [0.2, 0.25) is 5.91 Å². The predicted molar refractivity (Wildman–Crippen MR) is 132 cm³/mol. The van der Waals surface area contributed by atoms with E-state index in [0.717, 1.165) is 51.3 Å². The third-order valence-corrected chi connectivity index (χ3v) is 7.30. The number of nitrogens with zero attached hydrogens (tertiary/aromatic N) is 4. The fourth-order valence-corrected chi connectivity index (χ4v) is 5.43. The Morgan fingerprint density at radius 3 is 2.73 bits per heavy atom. The van der Waals surface area contributed by atoms with E-state index in [2.05, 4.69) is 26.8 Å². The first-order chi connectivity index (χ1) is 16.0. The van der Waals surface area contributed by atoms with E-state index in [-0.39, 0.29) is 17.7 Å². The van der Waals surface area contributed by atoms with Crippen molar-refractivity contribution >= 4 is 50.1 Å². The Balaban J connectivity index is 1.15. The lowest BCUT2D eigenvalue weighted by Crippen LogP contribution is -2.39. The highest BCUT2D eigenvalue weighted by Gasteiger charge is 2.25. The molecule has 2 aromatic heterocycles. The molecule has 8 heteroatoms. The smallest absolute Gasteiger partial charge is 0.253 e. The van der Waals surface area contributed by atoms with E-state index in [4.69, 9.17) is 0 Å². The molecule has 0 bridgehead atoms. The average Bonchev–Trinajstić information content (AvgIpc) is 3.40. The molecule has 2 amide bonds. The molecule has 170 valence electrons. The maximum atomic E-state index is 13.0. The zero-order valence-electron chi connectivity index (χ0n) is 18.9. The van der Waals surface area contributed by atoms with Crippen molar-refractivity contribution in [2.24, 2.45) is 5.92 Å². The number of thiazole rings is 1. The highest BCUT2D eigenvalue weighted by atomic mass is 32.1. The SMILES string of the molecule is CCn1cnc2cc(C(=O)N3CCC(CC(=O)Nc4ccc5nc(C)sc5c4)CC3)ccc21. The minimum atomic E-state index is 0.0253. The summed E-state index contributed by atoms with van der Waals surface area (Å²) in [7, 11) is 0. The number of piperidine rings is 1. The second kappa shape index (κ2) is 8.94. The Morgan fingerprint density at radius 1 is 1.12 bits per heavy atom. The molecular formula is C25H27N5O2S. The topological polar surface area (TPSA) is 80.1 Å². The van der Waals surface area contributed by atoms with Crippen LogP contribution < -0.4 is 5.32 Å². The zero-order chi connectivity index (χ0) is 22.9. The number of carbonyl (C=O) groups excluding carboxylic acids is 2. The number of anilines is 1. The van der Waals surface area contributed by atoms with Crippen LogP contribution in [0.5, 0.6) is 0 Å². The molecule has 1 aliphatic heterocycles. The monoisotopic (exact) mass is 461 g/mol. The average molecular weight is 462 g/mol. The van der Waals surface area contributed by atoms with Crippen LogP contribution in [-0.2, 0) is 11.3 Å². The number of rotatable bonds is 5. The Kier molecular flexibility index (Phi) is 5.85. The summed E-state index contributed by atoms with van der Waals surface area (Å²) in [6.07, 6.45) is 3.95. The molecule has 1 aliphatic rings. The van der Waals surface area contributed by atoms with Crippen LogP contribution in [0, 0.1) is 12.8 Å². The molecule has 0 aliphatic carbocycles. The summed E-state index contributed by atoms with van der Waals surface area (Å²) in [5.74, 6) is 0.350. The van der Waals surface area contributed by atoms with Crippen molar-refractivity contribution < 1.29 is 9.59 Å². The van der Waals surface area contributed by atoms with Crippen LogP contribution in [0.3, 0.4) is 0 Å². The van der Waals surface area contributed by atoms with Crippen molar-refractivity contribution in [2.45, 2.75) is 39.7 Å². The van der Waals surface area contributed by atoms with Gasteiger partial charge in [-0.3, -0.25) is 9.59 Å². The van der Waals surface area contributed by atoms with Crippen LogP contribution in [0.4, 0.5) is 5.69 Å². The van der Waals surface area contributed by atoms with Gasteiger partial charge in [0.05, 0.1) is 32.6 Å². The van der Waals surface area contributed by atoms with Gasteiger partial charge in [0.25, 0.3) is 5.91 Å². The summed E-state index contributed by atoms with van der Waals surface area (Å²) in [6.45, 7) is 6.25. The predicted octanol–water partition coefficient (Wildman–Crippen LogP) is 4.86. The van der Waals surface area contributed by atoms with Crippen molar-refractivity contribution in [3.8, 4) is 0 Å². The molecule has 1 N–H and O–H groups in total. The molecular weight excluding hydrogens is 434 g/mol. The van der Waals surface area contributed by atoms with Crippen LogP contribution in [0.25, 0.3) is 21.3 Å². The summed E-state index contributed by atoms with van der Waals surface area (Å²) in [5.41, 5.74) is 4.34. The number of nitrogens with one attached hydrogen (secondary N) is 1. The first-order valence-corrected chi connectivity index (χ1v) is 12.2. The van der Waals surface area contributed by atoms with E-state index in [9.17, 15) is 9.59 Å². The third kappa shape index (κ3) is 4.48. The van der Waals surface area contributed by atoms with Crippen LogP contribution in [-0.4, -0.2) is 44.3 Å². The Hall–Kier alpha value is -3.26. The molecule has 33 heavy (non-hydrogen) atoms. The normalized spacial score (nSPS) is 14.8. The number of aryl methyl sites for hydroxylation is 2. The number of aromatic nitrogens is 3. The summed E-state index contributed by atoms with van der Waals surface area (Å²) in [4.78, 5) is 36.4. The second-order valence-corrected chi connectivity index (χ2v) is 9.87. The van der Waals surface area contributed by atoms with Gasteiger partial charge < -0.3 is 14.8 Å². The third-order valence-electron chi connectivity index (χ3n) is 6.36. The van der Waals surface area contributed by atoms with Crippen molar-refractivity contribution in [1.82, 2.24) is 19.4 Å². The van der Waals surface area contributed by atoms with E-state index < -0.39 is 0 Å². The lowest BCUT2D eigenvalue weighted by atomic mass is 9.92. The number of hydrogen-bond acceptors (Lipinski definition) is 5. The molecule has 5 rings (SSSR count). The standard InChI is InChI=1S/C25H27N5O2S/c1-3-29-15-26-21-13-18(4-7-22(21)29)25(32)30-10-8-17(9-11-30)12-24(31)28-19-5-6-20-23(14-19)33-16(2)27-20/h4-7,13-15,17H,3,8-12H2,1-2H3,(H,28,31). The summed E-state index contributed by atoms with van der Waals surface area (Å²) >= 11 is 1.63. The molecule has 1 fully saturated rings. The largest absolute Gasteiger partial charge is 0.339 e. The van der Waals surface area contributed by atoms with E-state index in [1.165, 1.54) is 0 Å². The van der Waals surface area contributed by atoms with Crippen LogP contribution in [0.2, 0.25) is 0 Å². The number of carbonyl (C=O) groups is 2. The van der Waals surface area contributed by atoms with Gasteiger partial charge in [-0.1, -0.05) is 0 Å². The van der Waals surface area contributed by atoms with Crippen LogP contribution >= 0.6 is 11.3 Å². The number of fused-ring (bicyclic) bond motifs is 2. The van der Waals surface area contributed by atoms with Crippen molar-refractivity contribution in [3.05, 3.63) is 53.3 Å². The molecule has 0 saturated carbocycles. The number of benzene rings is 2. The summed E-state index contributed by atoms with van der Waals surface area (Å²) in [6, 6.07) is 11.6. The fourth-order valence-electron chi connectivity index (χ4n) is 4.56. The van der Waals surface area contributed by atoms with Gasteiger partial charge in [0.15, 0.2) is 0 Å². The highest BCUT2D eigenvalue weighted by molar-refractivity contribution is 7.18. The number of hydrogen-bond donors (Lipinski definition) is 1. The molecule has 3 heterocycles. The van der Waals surface area contributed by atoms with Gasteiger partial charge >= 0.3 is 0 Å². The molecule has 0 radical (unpaired) electrons. The van der Waals surface area contributed by atoms with Gasteiger partial charge in [-0.25, -0.2) is 9.97 Å². The van der Waals surface area contributed by atoms with E-state index >= 15 is 0 Å². The number of amides is 2. The van der Waals surface area contributed by atoms with Gasteiger partial charge in [-0.05, 0) is 69.0 Å². The van der Waals surface area contributed by atoms with E-state index in [1.807, 2.05) is 54.5 Å². The van der Waals surface area contributed by atoms with Crippen molar-refractivity contribution in [1.29, 1.82) is 0 Å². The molecule has 0 unspecified atom stereocenters. The highest BCUT2D eigenvalue weighted by Crippen LogP contribution is 2.26. The minimum absolute atomic E-state index is 0.0253. The number of likely N-dealkylation sites (tertiary alicyclic amines) is 1. The molecule has 1 saturated heterocycles. The molecule has 0 atom stereocenters. The van der Waals surface area contributed by atoms with Crippen LogP contribution in [0.1, 0.15) is 41.6 Å². The summed E-state index contributed by atoms with van der Waals surface area (Å²) in [5, 5.41) is 4.04. The van der Waals surface area contributed by atoms with Gasteiger partial charge in [0.1, 0.15) is 0 Å². The summed E-state index contributed by atoms with van der Waals surface area (Å²) < 4.78 is 3.15. The van der Waals surface area contributed by atoms with Gasteiger partial charge in [0, 0.05) is 37.3 Å². The lowest BCUT2D eigenvalue weighted by Gasteiger charge is -2.31. The maximum Gasteiger partial charge on any atom is 0.253 e. The Bertz CT molecular complexity index is 1330. The van der Waals surface area contributed by atoms with Crippen molar-refractivity contribution in [2.75, 3.05) is 18.4 Å². The number of imidazole rings is 1. The van der Waals surface area contributed by atoms with Crippen LogP contribution in [0.15, 0.2) is 42.7 Å². The van der Waals surface area contributed by atoms with E-state index in [1.54, 1.807) is 11.3 Å². The first kappa shape index (κ1) is 21.6. The lowest BCUT2D eigenvalue weighted by molar-refractivity contribution is -0.117. The first-order valence-electron chi connectivity index (χ1n) is 11.4. The van der Waals surface area contributed by atoms with E-state index in [0.29, 0.717) is 25.1 Å². The Labute approximate surface area is 196 Å². The maximum absolute atomic E-state index is 13.0. The molecule has 4 aromatic rings. The molecule has 0 spiro atoms. The zero-order valence-corrected chi connectivity index (χ0v) is 19.7. The van der Waals surface area contributed by atoms with Crippen molar-refractivity contribution in [3.63, 3.8) is 0 Å². The minimum Gasteiger partial charge on any atom is -0.339 e. The van der Waals surface area contributed by atoms with Gasteiger partial charge in [-0.2, -0.15) is 0 Å². The van der Waals surface area contributed by atoms with Gasteiger partial charge in [-0.15, -0.1) is 11.3 Å². The Morgan fingerprint density at radius 2 is 1.94 bits per heavy atom. The quantitative estimate of drug-likeness (QED) is 0.460. The second-order valence-electron chi connectivity index (χ2n) is 8.64. The molecule has 7 nitrogen and oxygen atoms in total. The molecule has 2 aromatic carbocycles. The fraction of sp³-hybridized carbons (Fsp3) is 0.360.